The van der Waals surface area contributed by atoms with Gasteiger partial charge in [-0.15, -0.1) is 0 Å². The molecule has 0 atom stereocenters. The number of nitriles is 1. The molecule has 0 unspecified atom stereocenters. The van der Waals surface area contributed by atoms with Crippen LogP contribution in [0.4, 0.5) is 0 Å². The van der Waals surface area contributed by atoms with Crippen LogP contribution in [0.15, 0.2) is 24.4 Å². The molecule has 0 spiro atoms. The second-order valence-electron chi connectivity index (χ2n) is 3.14. The minimum absolute atomic E-state index is 0.459. The van der Waals surface area contributed by atoms with Gasteiger partial charge in [0.05, 0.1) is 5.56 Å². The van der Waals surface area contributed by atoms with Crippen molar-refractivity contribution in [2.45, 2.75) is 6.92 Å². The van der Waals surface area contributed by atoms with Crippen LogP contribution in [0.5, 0.6) is 0 Å². The Morgan fingerprint density at radius 1 is 1.50 bits per heavy atom. The van der Waals surface area contributed by atoms with E-state index in [4.69, 9.17) is 5.26 Å². The lowest BCUT2D eigenvalue weighted by atomic mass is 10.1. The summed E-state index contributed by atoms with van der Waals surface area (Å²) < 4.78 is 0. The molecule has 68 valence electrons. The highest BCUT2D eigenvalue weighted by molar-refractivity contribution is 6.16. The monoisotopic (exact) mass is 184 g/mol. The van der Waals surface area contributed by atoms with Crippen LogP contribution in [0.2, 0.25) is 0 Å². The number of aromatic nitrogens is 1. The molecule has 1 heterocycles. The Morgan fingerprint density at radius 2 is 2.29 bits per heavy atom. The lowest BCUT2D eigenvalue weighted by Gasteiger charge is -1.96. The number of fused-ring (bicyclic) bond motifs is 1. The average molecular weight is 184 g/mol. The van der Waals surface area contributed by atoms with Gasteiger partial charge in [0.1, 0.15) is 6.07 Å². The first kappa shape index (κ1) is 8.52. The van der Waals surface area contributed by atoms with E-state index in [0.717, 1.165) is 16.5 Å². The van der Waals surface area contributed by atoms with Gasteiger partial charge in [-0.25, -0.2) is 0 Å². The molecule has 0 saturated heterocycles. The van der Waals surface area contributed by atoms with E-state index in [9.17, 15) is 4.79 Å². The molecular formula is C11H8N2O. The number of hydrogen-bond acceptors (Lipinski definition) is 2. The number of H-pyrrole nitrogens is 1. The number of aryl methyl sites for hydroxylation is 1. The minimum atomic E-state index is -0.495. The smallest absolute Gasteiger partial charge is 0.264 e. The largest absolute Gasteiger partial charge is 0.360 e. The maximum Gasteiger partial charge on any atom is 0.264 e. The van der Waals surface area contributed by atoms with Gasteiger partial charge in [0.25, 0.3) is 5.78 Å². The summed E-state index contributed by atoms with van der Waals surface area (Å²) >= 11 is 0. The Labute approximate surface area is 81.0 Å². The van der Waals surface area contributed by atoms with E-state index >= 15 is 0 Å². The van der Waals surface area contributed by atoms with Crippen LogP contribution in [0, 0.1) is 18.3 Å². The molecule has 0 aliphatic rings. The van der Waals surface area contributed by atoms with Gasteiger partial charge in [-0.2, -0.15) is 5.26 Å². The normalized spacial score (nSPS) is 10.0. The third-order valence-corrected chi connectivity index (χ3v) is 2.26. The van der Waals surface area contributed by atoms with Crippen LogP contribution in [-0.2, 0) is 0 Å². The van der Waals surface area contributed by atoms with E-state index in [2.05, 4.69) is 4.98 Å². The molecule has 0 fully saturated rings. The predicted octanol–water partition coefficient (Wildman–Crippen LogP) is 2.18. The molecule has 0 aliphatic carbocycles. The van der Waals surface area contributed by atoms with E-state index < -0.39 is 5.78 Å². The molecule has 0 amide bonds. The van der Waals surface area contributed by atoms with Gasteiger partial charge in [-0.05, 0) is 18.6 Å². The number of rotatable bonds is 1. The van der Waals surface area contributed by atoms with E-state index in [1.165, 1.54) is 0 Å². The van der Waals surface area contributed by atoms with E-state index in [1.54, 1.807) is 12.3 Å². The number of carbonyl (C=O) groups excluding carboxylic acids is 1. The first-order valence-electron chi connectivity index (χ1n) is 4.25. The Bertz CT molecular complexity index is 546. The van der Waals surface area contributed by atoms with Gasteiger partial charge >= 0.3 is 0 Å². The van der Waals surface area contributed by atoms with Crippen molar-refractivity contribution >= 4 is 16.7 Å². The van der Waals surface area contributed by atoms with Crippen molar-refractivity contribution in [2.75, 3.05) is 0 Å². The van der Waals surface area contributed by atoms with Crippen molar-refractivity contribution < 1.29 is 4.79 Å². The van der Waals surface area contributed by atoms with Crippen molar-refractivity contribution in [3.63, 3.8) is 0 Å². The lowest BCUT2D eigenvalue weighted by molar-refractivity contribution is 0.105. The van der Waals surface area contributed by atoms with Gasteiger partial charge in [-0.3, -0.25) is 4.79 Å². The zero-order chi connectivity index (χ0) is 10.1. The molecular weight excluding hydrogens is 176 g/mol. The number of aromatic amines is 1. The molecule has 0 radical (unpaired) electrons. The molecule has 3 heteroatoms. The fourth-order valence-electron chi connectivity index (χ4n) is 1.61. The van der Waals surface area contributed by atoms with Crippen LogP contribution >= 0.6 is 0 Å². The zero-order valence-corrected chi connectivity index (χ0v) is 7.66. The fourth-order valence-corrected chi connectivity index (χ4v) is 1.61. The van der Waals surface area contributed by atoms with Crippen molar-refractivity contribution in [1.29, 1.82) is 5.26 Å². The Morgan fingerprint density at radius 3 is 3.00 bits per heavy atom. The molecule has 2 aromatic rings. The summed E-state index contributed by atoms with van der Waals surface area (Å²) in [7, 11) is 0. The summed E-state index contributed by atoms with van der Waals surface area (Å²) in [6.07, 6.45) is 1.59. The van der Waals surface area contributed by atoms with Crippen LogP contribution in [0.1, 0.15) is 15.9 Å². The molecule has 1 aromatic carbocycles. The van der Waals surface area contributed by atoms with Gasteiger partial charge in [0.2, 0.25) is 0 Å². The number of ketones is 1. The summed E-state index contributed by atoms with van der Waals surface area (Å²) in [6, 6.07) is 7.35. The maximum atomic E-state index is 11.3. The number of nitrogens with zero attached hydrogens (tertiary/aromatic N) is 1. The predicted molar refractivity (Wildman–Crippen MR) is 53.0 cm³/mol. The van der Waals surface area contributed by atoms with Crippen molar-refractivity contribution in [1.82, 2.24) is 4.98 Å². The summed E-state index contributed by atoms with van der Waals surface area (Å²) in [5.41, 5.74) is 2.35. The Kier molecular flexibility index (Phi) is 1.83. The molecule has 2 rings (SSSR count). The zero-order valence-electron chi connectivity index (χ0n) is 7.66. The summed E-state index contributed by atoms with van der Waals surface area (Å²) in [5, 5.41) is 9.39. The van der Waals surface area contributed by atoms with E-state index in [0.29, 0.717) is 5.56 Å². The fraction of sp³-hybridized carbons (Fsp3) is 0.0909. The summed E-state index contributed by atoms with van der Waals surface area (Å²) in [4.78, 5) is 14.2. The Balaban J connectivity index is 2.81. The highest BCUT2D eigenvalue weighted by Crippen LogP contribution is 2.21. The van der Waals surface area contributed by atoms with Gasteiger partial charge in [0.15, 0.2) is 0 Å². The summed E-state index contributed by atoms with van der Waals surface area (Å²) in [5.74, 6) is -0.495. The third-order valence-electron chi connectivity index (χ3n) is 2.26. The summed E-state index contributed by atoms with van der Waals surface area (Å²) in [6.45, 7) is 1.92. The molecule has 3 nitrogen and oxygen atoms in total. The van der Waals surface area contributed by atoms with Crippen molar-refractivity contribution in [3.8, 4) is 6.07 Å². The third kappa shape index (κ3) is 1.09. The van der Waals surface area contributed by atoms with Crippen LogP contribution in [0.3, 0.4) is 0 Å². The van der Waals surface area contributed by atoms with Crippen LogP contribution < -0.4 is 0 Å². The molecule has 0 bridgehead atoms. The highest BCUT2D eigenvalue weighted by atomic mass is 16.1. The minimum Gasteiger partial charge on any atom is -0.360 e. The average Bonchev–Trinajstić information content (AvgIpc) is 2.62. The highest BCUT2D eigenvalue weighted by Gasteiger charge is 2.12. The van der Waals surface area contributed by atoms with E-state index in [-0.39, 0.29) is 0 Å². The molecule has 1 N–H and O–H groups in total. The van der Waals surface area contributed by atoms with Crippen LogP contribution in [-0.4, -0.2) is 10.8 Å². The molecule has 14 heavy (non-hydrogen) atoms. The number of hydrogen-bond donors (Lipinski definition) is 1. The first-order valence-corrected chi connectivity index (χ1v) is 4.25. The first-order chi connectivity index (χ1) is 6.74. The van der Waals surface area contributed by atoms with Gasteiger partial charge < -0.3 is 4.98 Å². The number of benzene rings is 1. The van der Waals surface area contributed by atoms with Gasteiger partial charge in [-0.1, -0.05) is 12.1 Å². The second-order valence-corrected chi connectivity index (χ2v) is 3.14. The number of carbonyl (C=O) groups is 1. The SMILES string of the molecule is Cc1cccc2[nH]cc(C(=O)C#N)c12. The van der Waals surface area contributed by atoms with Crippen molar-refractivity contribution in [2.24, 2.45) is 0 Å². The van der Waals surface area contributed by atoms with Gasteiger partial charge in [0, 0.05) is 17.1 Å². The topological polar surface area (TPSA) is 56.6 Å². The maximum absolute atomic E-state index is 11.3. The van der Waals surface area contributed by atoms with E-state index in [1.807, 2.05) is 25.1 Å². The number of nitrogens with one attached hydrogen (secondary N) is 1. The van der Waals surface area contributed by atoms with Crippen LogP contribution in [0.25, 0.3) is 10.9 Å². The molecule has 0 aliphatic heterocycles. The standard InChI is InChI=1S/C11H8N2O/c1-7-3-2-4-9-11(7)8(6-13-9)10(14)5-12/h2-4,6,13H,1H3. The second kappa shape index (κ2) is 3.00. The lowest BCUT2D eigenvalue weighted by Crippen LogP contribution is -1.92. The Hall–Kier alpha value is -2.08. The van der Waals surface area contributed by atoms with Crippen molar-refractivity contribution in [3.05, 3.63) is 35.5 Å². The molecule has 1 aromatic heterocycles. The molecule has 0 saturated carbocycles. The number of Topliss-reactive ketones (excluding diaryl/α,β-unsaturated/α-hetero) is 1. The quantitative estimate of drug-likeness (QED) is 0.545.